The lowest BCUT2D eigenvalue weighted by molar-refractivity contribution is 0.157. The maximum Gasteiger partial charge on any atom is 0.428 e. The highest BCUT2D eigenvalue weighted by Crippen LogP contribution is 2.01. The van der Waals surface area contributed by atoms with Crippen molar-refractivity contribution in [2.24, 2.45) is 9.98 Å². The van der Waals surface area contributed by atoms with E-state index in [9.17, 15) is 14.4 Å². The van der Waals surface area contributed by atoms with Crippen LogP contribution in [0.3, 0.4) is 0 Å². The number of carbonyl (C=O) groups excluding carboxylic acids is 1. The molecular weight excluding hydrogens is 408 g/mol. The van der Waals surface area contributed by atoms with E-state index in [1.807, 2.05) is 0 Å². The highest BCUT2D eigenvalue weighted by Gasteiger charge is 2.11. The second-order valence-electron chi connectivity index (χ2n) is 6.50. The van der Waals surface area contributed by atoms with Gasteiger partial charge in [0, 0.05) is 13.1 Å². The van der Waals surface area contributed by atoms with Gasteiger partial charge < -0.3 is 13.9 Å². The number of aromatic nitrogens is 2. The molecule has 0 N–H and O–H groups in total. The fourth-order valence-electron chi connectivity index (χ4n) is 2.72. The molecule has 0 aliphatic heterocycles. The Labute approximate surface area is 178 Å². The van der Waals surface area contributed by atoms with Crippen LogP contribution in [0.4, 0.5) is 0 Å². The molecule has 0 amide bonds. The van der Waals surface area contributed by atoms with Gasteiger partial charge in [0.25, 0.3) is 12.5 Å². The van der Waals surface area contributed by atoms with Gasteiger partial charge in [-0.25, -0.2) is 28.9 Å². The molecule has 0 spiro atoms. The Morgan fingerprint density at radius 1 is 0.871 bits per heavy atom. The van der Waals surface area contributed by atoms with Crippen molar-refractivity contribution >= 4 is 6.08 Å². The minimum Gasteiger partial charge on any atom is -0.428 e. The molecule has 12 heteroatoms. The molecule has 1 rings (SSSR count). The third-order valence-electron chi connectivity index (χ3n) is 4.28. The van der Waals surface area contributed by atoms with E-state index in [-0.39, 0.29) is 12.2 Å². The highest BCUT2D eigenvalue weighted by molar-refractivity contribution is 5.32. The van der Waals surface area contributed by atoms with Gasteiger partial charge in [0.05, 0.1) is 6.54 Å². The molecule has 1 heterocycles. The third-order valence-corrected chi connectivity index (χ3v) is 4.28. The van der Waals surface area contributed by atoms with Crippen molar-refractivity contribution in [3.05, 3.63) is 26.7 Å². The summed E-state index contributed by atoms with van der Waals surface area (Å²) in [5.41, 5.74) is -0.730. The van der Waals surface area contributed by atoms with Crippen molar-refractivity contribution in [3.63, 3.8) is 0 Å². The van der Waals surface area contributed by atoms with Crippen LogP contribution >= 0.6 is 0 Å². The van der Waals surface area contributed by atoms with E-state index in [1.165, 1.54) is 16.9 Å². The van der Waals surface area contributed by atoms with Crippen molar-refractivity contribution in [2.45, 2.75) is 64.6 Å². The predicted molar refractivity (Wildman–Crippen MR) is 106 cm³/mol. The summed E-state index contributed by atoms with van der Waals surface area (Å²) in [6.07, 6.45) is 10.7. The zero-order valence-corrected chi connectivity index (χ0v) is 17.3. The average Bonchev–Trinajstić information content (AvgIpc) is 2.76. The van der Waals surface area contributed by atoms with Crippen LogP contribution in [-0.2, 0) is 27.5 Å². The minimum absolute atomic E-state index is 0.0680. The molecule has 0 aliphatic rings. The molecule has 1 aromatic heterocycles. The first-order valence-corrected chi connectivity index (χ1v) is 10.1. The summed E-state index contributed by atoms with van der Waals surface area (Å²) in [5.74, 6) is -0.948. The van der Waals surface area contributed by atoms with E-state index in [1.54, 1.807) is 6.26 Å². The number of rotatable bonds is 16. The van der Waals surface area contributed by atoms with Crippen molar-refractivity contribution < 1.29 is 18.7 Å². The number of hydrogen-bond acceptors (Lipinski definition) is 10. The van der Waals surface area contributed by atoms with Crippen molar-refractivity contribution in [1.82, 2.24) is 9.13 Å². The standard InChI is InChI=1S/C19H26N6O6/c20-13-29-12-8-4-3-7-11-24-17(23-10-6-2-1-5-9-22-15-26)31-19(28)25(18(24)27)16-30-14-21/h1-12,16H2/b23-17-. The second kappa shape index (κ2) is 16.2. The summed E-state index contributed by atoms with van der Waals surface area (Å²) in [5, 5.41) is 16.9. The fourth-order valence-corrected chi connectivity index (χ4v) is 2.72. The molecule has 0 atom stereocenters. The van der Waals surface area contributed by atoms with Gasteiger partial charge in [-0.05, 0) is 32.1 Å². The summed E-state index contributed by atoms with van der Waals surface area (Å²) >= 11 is 0. The van der Waals surface area contributed by atoms with Crippen LogP contribution in [0, 0.1) is 23.0 Å². The monoisotopic (exact) mass is 434 g/mol. The molecule has 0 bridgehead atoms. The summed E-state index contributed by atoms with van der Waals surface area (Å²) in [6.45, 7) is 0.901. The Balaban J connectivity index is 2.80. The van der Waals surface area contributed by atoms with Crippen LogP contribution in [0.25, 0.3) is 0 Å². The molecule has 31 heavy (non-hydrogen) atoms. The molecule has 0 saturated carbocycles. The summed E-state index contributed by atoms with van der Waals surface area (Å²) in [4.78, 5) is 42.5. The number of isocyanates is 1. The second-order valence-corrected chi connectivity index (χ2v) is 6.50. The van der Waals surface area contributed by atoms with E-state index in [0.29, 0.717) is 37.1 Å². The Morgan fingerprint density at radius 2 is 1.55 bits per heavy atom. The summed E-state index contributed by atoms with van der Waals surface area (Å²) in [6, 6.07) is 0. The zero-order valence-electron chi connectivity index (χ0n) is 17.3. The van der Waals surface area contributed by atoms with Crippen LogP contribution in [0.15, 0.2) is 24.0 Å². The average molecular weight is 434 g/mol. The van der Waals surface area contributed by atoms with Gasteiger partial charge in [-0.1, -0.05) is 19.3 Å². The van der Waals surface area contributed by atoms with Crippen LogP contribution in [0.5, 0.6) is 0 Å². The summed E-state index contributed by atoms with van der Waals surface area (Å²) in [7, 11) is 0. The number of aliphatic imine (C=N–C) groups is 1. The van der Waals surface area contributed by atoms with Gasteiger partial charge in [0.15, 0.2) is 6.73 Å². The molecular formula is C19H26N6O6. The topological polar surface area (TPSA) is 165 Å². The largest absolute Gasteiger partial charge is 0.428 e. The van der Waals surface area contributed by atoms with Crippen LogP contribution in [0.1, 0.15) is 51.4 Å². The van der Waals surface area contributed by atoms with Crippen molar-refractivity contribution in [2.75, 3.05) is 19.7 Å². The van der Waals surface area contributed by atoms with E-state index < -0.39 is 18.2 Å². The molecule has 0 unspecified atom stereocenters. The fraction of sp³-hybridized carbons (Fsp3) is 0.684. The number of hydrogen-bond donors (Lipinski definition) is 0. The van der Waals surface area contributed by atoms with Gasteiger partial charge >= 0.3 is 17.1 Å². The number of unbranched alkanes of at least 4 members (excludes halogenated alkanes) is 6. The first kappa shape index (κ1) is 25.4. The van der Waals surface area contributed by atoms with Gasteiger partial charge in [-0.3, -0.25) is 0 Å². The van der Waals surface area contributed by atoms with Crippen molar-refractivity contribution in [1.29, 1.82) is 10.5 Å². The predicted octanol–water partition coefficient (Wildman–Crippen LogP) is 0.913. The SMILES string of the molecule is N#COCCCCCCn1c(=O)n(COC#N)c(=O)o/c1=N\CCCCCCN=C=O. The van der Waals surface area contributed by atoms with E-state index >= 15 is 0 Å². The number of nitrogens with zero attached hydrogens (tertiary/aromatic N) is 6. The normalized spacial score (nSPS) is 10.7. The lowest BCUT2D eigenvalue weighted by Gasteiger charge is -2.08. The van der Waals surface area contributed by atoms with Gasteiger partial charge in [-0.15, -0.1) is 0 Å². The lowest BCUT2D eigenvalue weighted by atomic mass is 10.2. The van der Waals surface area contributed by atoms with Crippen LogP contribution in [-0.4, -0.2) is 34.9 Å². The number of nitriles is 2. The molecule has 0 radical (unpaired) electrons. The van der Waals surface area contributed by atoms with Crippen LogP contribution in [0.2, 0.25) is 0 Å². The number of ether oxygens (including phenoxy) is 2. The Kier molecular flexibility index (Phi) is 13.3. The molecule has 0 aliphatic carbocycles. The first-order chi connectivity index (χ1) is 15.2. The highest BCUT2D eigenvalue weighted by atomic mass is 16.5. The first-order valence-electron chi connectivity index (χ1n) is 10.1. The van der Waals surface area contributed by atoms with Gasteiger partial charge in [-0.2, -0.15) is 15.1 Å². The van der Waals surface area contributed by atoms with E-state index in [0.717, 1.165) is 38.5 Å². The smallest absolute Gasteiger partial charge is 0.428 e. The summed E-state index contributed by atoms with van der Waals surface area (Å²) < 4.78 is 16.3. The zero-order chi connectivity index (χ0) is 22.7. The maximum atomic E-state index is 12.7. The molecule has 12 nitrogen and oxygen atoms in total. The molecule has 1 aromatic rings. The molecule has 0 saturated heterocycles. The van der Waals surface area contributed by atoms with E-state index in [4.69, 9.17) is 14.9 Å². The molecule has 0 fully saturated rings. The lowest BCUT2D eigenvalue weighted by Crippen LogP contribution is -2.47. The Bertz CT molecular complexity index is 974. The Hall–Kier alpha value is -3.63. The molecule has 168 valence electrons. The minimum atomic E-state index is -0.948. The van der Waals surface area contributed by atoms with Crippen molar-refractivity contribution in [3.8, 4) is 12.5 Å². The quantitative estimate of drug-likeness (QED) is 0.160. The third kappa shape index (κ3) is 10.1. The van der Waals surface area contributed by atoms with Gasteiger partial charge in [0.2, 0.25) is 6.08 Å². The van der Waals surface area contributed by atoms with Gasteiger partial charge in [0.1, 0.15) is 6.61 Å². The van der Waals surface area contributed by atoms with E-state index in [2.05, 4.69) is 19.5 Å². The Morgan fingerprint density at radius 3 is 2.26 bits per heavy atom. The van der Waals surface area contributed by atoms with Crippen LogP contribution < -0.4 is 17.1 Å². The maximum absolute atomic E-state index is 12.7. The molecule has 0 aromatic carbocycles.